The lowest BCUT2D eigenvalue weighted by Crippen LogP contribution is -2.57. The van der Waals surface area contributed by atoms with Crippen molar-refractivity contribution in [1.82, 2.24) is 9.80 Å². The molecule has 1 N–H and O–H groups in total. The highest BCUT2D eigenvalue weighted by Crippen LogP contribution is 2.32. The van der Waals surface area contributed by atoms with Crippen LogP contribution < -0.4 is 0 Å². The first-order chi connectivity index (χ1) is 8.77. The molecule has 0 radical (unpaired) electrons. The summed E-state index contributed by atoms with van der Waals surface area (Å²) in [5.74, 6) is -0.732. The first kappa shape index (κ1) is 12.4. The number of nitrogens with zero attached hydrogens (tertiary/aromatic N) is 2. The highest BCUT2D eigenvalue weighted by Gasteiger charge is 2.43. The monoisotopic (exact) mass is 254 g/mol. The van der Waals surface area contributed by atoms with Crippen LogP contribution in [0.5, 0.6) is 0 Å². The number of fused-ring (bicyclic) bond motifs is 1. The van der Waals surface area contributed by atoms with Crippen LogP contribution in [0.4, 0.5) is 0 Å². The van der Waals surface area contributed by atoms with Crippen LogP contribution in [0.2, 0.25) is 0 Å². The summed E-state index contributed by atoms with van der Waals surface area (Å²) >= 11 is 0. The number of aliphatic carboxylic acids is 1. The third-order valence-corrected chi connectivity index (χ3v) is 4.70. The van der Waals surface area contributed by atoms with E-state index in [0.29, 0.717) is 25.3 Å². The number of hydrogen-bond acceptors (Lipinski definition) is 4. The number of carboxylic acids is 1. The van der Waals surface area contributed by atoms with Gasteiger partial charge in [-0.25, -0.2) is 0 Å². The Balaban J connectivity index is 1.74. The predicted molar refractivity (Wildman–Crippen MR) is 66.6 cm³/mol. The number of carbonyl (C=O) groups is 1. The molecular formula is C13H22N2O3. The van der Waals surface area contributed by atoms with Crippen molar-refractivity contribution in [2.24, 2.45) is 0 Å². The van der Waals surface area contributed by atoms with E-state index in [9.17, 15) is 9.90 Å². The van der Waals surface area contributed by atoms with Gasteiger partial charge in [0.15, 0.2) is 0 Å². The zero-order chi connectivity index (χ0) is 12.5. The summed E-state index contributed by atoms with van der Waals surface area (Å²) in [6, 6.07) is 0.569. The number of morpholine rings is 1. The van der Waals surface area contributed by atoms with Gasteiger partial charge < -0.3 is 9.84 Å². The second-order valence-electron chi connectivity index (χ2n) is 5.62. The van der Waals surface area contributed by atoms with Gasteiger partial charge in [0.2, 0.25) is 0 Å². The van der Waals surface area contributed by atoms with Crippen molar-refractivity contribution in [3.8, 4) is 0 Å². The van der Waals surface area contributed by atoms with Gasteiger partial charge in [-0.1, -0.05) is 6.42 Å². The fourth-order valence-corrected chi connectivity index (χ4v) is 3.83. The molecule has 3 rings (SSSR count). The highest BCUT2D eigenvalue weighted by atomic mass is 16.5. The number of piperidine rings is 1. The Bertz CT molecular complexity index is 323. The van der Waals surface area contributed by atoms with Gasteiger partial charge in [-0.05, 0) is 25.8 Å². The Morgan fingerprint density at radius 1 is 1.11 bits per heavy atom. The highest BCUT2D eigenvalue weighted by molar-refractivity contribution is 5.73. The molecule has 3 saturated heterocycles. The lowest BCUT2D eigenvalue weighted by Gasteiger charge is -2.42. The molecule has 3 fully saturated rings. The van der Waals surface area contributed by atoms with Crippen molar-refractivity contribution in [2.45, 2.75) is 43.8 Å². The number of ether oxygens (including phenoxy) is 1. The van der Waals surface area contributed by atoms with Crippen LogP contribution >= 0.6 is 0 Å². The third kappa shape index (κ3) is 2.15. The second-order valence-corrected chi connectivity index (χ2v) is 5.62. The molecule has 102 valence electrons. The number of rotatable bonds is 2. The van der Waals surface area contributed by atoms with Gasteiger partial charge in [-0.3, -0.25) is 14.6 Å². The molecular weight excluding hydrogens is 232 g/mol. The van der Waals surface area contributed by atoms with Gasteiger partial charge in [0.25, 0.3) is 0 Å². The summed E-state index contributed by atoms with van der Waals surface area (Å²) in [7, 11) is 0. The van der Waals surface area contributed by atoms with E-state index >= 15 is 0 Å². The summed E-state index contributed by atoms with van der Waals surface area (Å²) in [6.45, 7) is 4.12. The summed E-state index contributed by atoms with van der Waals surface area (Å²) in [4.78, 5) is 16.1. The van der Waals surface area contributed by atoms with Crippen LogP contribution in [0.25, 0.3) is 0 Å². The fourth-order valence-electron chi connectivity index (χ4n) is 3.83. The van der Waals surface area contributed by atoms with Gasteiger partial charge in [-0.15, -0.1) is 0 Å². The molecule has 5 nitrogen and oxygen atoms in total. The molecule has 0 aliphatic carbocycles. The van der Waals surface area contributed by atoms with Gasteiger partial charge in [-0.2, -0.15) is 0 Å². The number of carboxylic acid groups (broad SMARTS) is 1. The Kier molecular flexibility index (Phi) is 3.54. The molecule has 3 heterocycles. The zero-order valence-electron chi connectivity index (χ0n) is 10.8. The van der Waals surface area contributed by atoms with E-state index < -0.39 is 12.0 Å². The van der Waals surface area contributed by atoms with Crippen LogP contribution in [-0.2, 0) is 9.53 Å². The van der Waals surface area contributed by atoms with Gasteiger partial charge in [0.1, 0.15) is 6.04 Å². The molecule has 0 amide bonds. The van der Waals surface area contributed by atoms with Crippen LogP contribution in [0, 0.1) is 0 Å². The lowest BCUT2D eigenvalue weighted by molar-refractivity contribution is -0.152. The van der Waals surface area contributed by atoms with E-state index in [0.717, 1.165) is 19.5 Å². The van der Waals surface area contributed by atoms with E-state index in [4.69, 9.17) is 4.74 Å². The lowest BCUT2D eigenvalue weighted by atomic mass is 9.96. The first-order valence-corrected chi connectivity index (χ1v) is 7.08. The Labute approximate surface area is 108 Å². The fraction of sp³-hybridized carbons (Fsp3) is 0.923. The maximum absolute atomic E-state index is 11.3. The van der Waals surface area contributed by atoms with Crippen molar-refractivity contribution < 1.29 is 14.6 Å². The first-order valence-electron chi connectivity index (χ1n) is 7.08. The van der Waals surface area contributed by atoms with Crippen LogP contribution in [0.1, 0.15) is 25.7 Å². The topological polar surface area (TPSA) is 53.0 Å². The SMILES string of the molecule is O=C(O)C1COCCN1C1CCN2CCCCC12. The average Bonchev–Trinajstić information content (AvgIpc) is 2.82. The van der Waals surface area contributed by atoms with E-state index in [2.05, 4.69) is 9.80 Å². The minimum absolute atomic E-state index is 0.346. The van der Waals surface area contributed by atoms with Crippen LogP contribution in [0.15, 0.2) is 0 Å². The summed E-state index contributed by atoms with van der Waals surface area (Å²) < 4.78 is 5.33. The molecule has 0 saturated carbocycles. The van der Waals surface area contributed by atoms with Gasteiger partial charge in [0, 0.05) is 25.2 Å². The molecule has 0 aromatic carbocycles. The molecule has 3 unspecified atom stereocenters. The maximum Gasteiger partial charge on any atom is 0.323 e. The van der Waals surface area contributed by atoms with Crippen molar-refractivity contribution in [2.75, 3.05) is 32.8 Å². The van der Waals surface area contributed by atoms with Crippen molar-refractivity contribution in [3.63, 3.8) is 0 Å². The molecule has 0 spiro atoms. The van der Waals surface area contributed by atoms with Crippen molar-refractivity contribution in [1.29, 1.82) is 0 Å². The van der Waals surface area contributed by atoms with E-state index in [1.807, 2.05) is 0 Å². The van der Waals surface area contributed by atoms with E-state index in [-0.39, 0.29) is 0 Å². The predicted octanol–water partition coefficient (Wildman–Crippen LogP) is 0.399. The molecule has 5 heteroatoms. The molecule has 18 heavy (non-hydrogen) atoms. The third-order valence-electron chi connectivity index (χ3n) is 4.70. The Hall–Kier alpha value is -0.650. The zero-order valence-corrected chi connectivity index (χ0v) is 10.8. The molecule has 3 aliphatic heterocycles. The molecule has 3 atom stereocenters. The maximum atomic E-state index is 11.3. The molecule has 3 aliphatic rings. The largest absolute Gasteiger partial charge is 0.480 e. The van der Waals surface area contributed by atoms with Crippen molar-refractivity contribution >= 4 is 5.97 Å². The quantitative estimate of drug-likeness (QED) is 0.773. The second kappa shape index (κ2) is 5.15. The Morgan fingerprint density at radius 3 is 2.83 bits per heavy atom. The molecule has 0 bridgehead atoms. The number of hydrogen-bond donors (Lipinski definition) is 1. The van der Waals surface area contributed by atoms with Crippen molar-refractivity contribution in [3.05, 3.63) is 0 Å². The minimum Gasteiger partial charge on any atom is -0.480 e. The summed E-state index contributed by atoms with van der Waals surface area (Å²) in [6.07, 6.45) is 4.94. The minimum atomic E-state index is -0.732. The van der Waals surface area contributed by atoms with Gasteiger partial charge in [0.05, 0.1) is 13.2 Å². The summed E-state index contributed by atoms with van der Waals surface area (Å²) in [5, 5.41) is 9.33. The smallest absolute Gasteiger partial charge is 0.323 e. The average molecular weight is 254 g/mol. The van der Waals surface area contributed by atoms with Crippen LogP contribution in [-0.4, -0.2) is 71.8 Å². The summed E-state index contributed by atoms with van der Waals surface area (Å²) in [5.41, 5.74) is 0. The van der Waals surface area contributed by atoms with E-state index in [1.54, 1.807) is 0 Å². The molecule has 0 aromatic rings. The van der Waals surface area contributed by atoms with Gasteiger partial charge >= 0.3 is 5.97 Å². The van der Waals surface area contributed by atoms with Crippen LogP contribution in [0.3, 0.4) is 0 Å². The van der Waals surface area contributed by atoms with E-state index in [1.165, 1.54) is 25.8 Å². The normalized spacial score (nSPS) is 38.6. The standard InChI is InChI=1S/C13H22N2O3/c16-13(17)12-9-18-8-7-15(12)11-4-6-14-5-2-1-3-10(11)14/h10-12H,1-9H2,(H,16,17). The molecule has 0 aromatic heterocycles. The Morgan fingerprint density at radius 2 is 2.00 bits per heavy atom.